The van der Waals surface area contributed by atoms with Crippen molar-refractivity contribution in [3.05, 3.63) is 49.1 Å². The lowest BCUT2D eigenvalue weighted by atomic mass is 10.1. The van der Waals surface area contributed by atoms with E-state index in [9.17, 15) is 0 Å². The van der Waals surface area contributed by atoms with E-state index in [2.05, 4.69) is 20.0 Å². The van der Waals surface area contributed by atoms with E-state index >= 15 is 0 Å². The first-order valence-corrected chi connectivity index (χ1v) is 8.26. The third-order valence-electron chi connectivity index (χ3n) is 4.73. The Morgan fingerprint density at radius 1 is 1.12 bits per heavy atom. The number of hydrogen-bond donors (Lipinski definition) is 0. The van der Waals surface area contributed by atoms with Crippen molar-refractivity contribution in [1.82, 2.24) is 19.7 Å². The predicted molar refractivity (Wildman–Crippen MR) is 92.0 cm³/mol. The SMILES string of the molecule is c1ccc2c(c1)oc1c(N3CCCC(n4cccn4)C3)ncnc12. The molecule has 1 aromatic carbocycles. The van der Waals surface area contributed by atoms with Gasteiger partial charge in [-0.25, -0.2) is 9.97 Å². The first-order chi connectivity index (χ1) is 11.9. The first-order valence-electron chi connectivity index (χ1n) is 8.26. The summed E-state index contributed by atoms with van der Waals surface area (Å²) in [6, 6.07) is 10.3. The summed E-state index contributed by atoms with van der Waals surface area (Å²) in [6.07, 6.45) is 7.74. The van der Waals surface area contributed by atoms with Crippen LogP contribution in [-0.4, -0.2) is 32.8 Å². The quantitative estimate of drug-likeness (QED) is 0.566. The summed E-state index contributed by atoms with van der Waals surface area (Å²) in [6.45, 7) is 1.85. The van der Waals surface area contributed by atoms with Gasteiger partial charge in [-0.3, -0.25) is 4.68 Å². The van der Waals surface area contributed by atoms with Crippen molar-refractivity contribution in [2.75, 3.05) is 18.0 Å². The highest BCUT2D eigenvalue weighted by Gasteiger charge is 2.25. The van der Waals surface area contributed by atoms with Crippen LogP contribution < -0.4 is 4.90 Å². The Labute approximate surface area is 138 Å². The van der Waals surface area contributed by atoms with Crippen LogP contribution in [0.5, 0.6) is 0 Å². The molecule has 3 aromatic heterocycles. The van der Waals surface area contributed by atoms with E-state index in [1.165, 1.54) is 0 Å². The Hall–Kier alpha value is -2.89. The van der Waals surface area contributed by atoms with Gasteiger partial charge in [-0.05, 0) is 31.0 Å². The lowest BCUT2D eigenvalue weighted by Crippen LogP contribution is -2.37. The van der Waals surface area contributed by atoms with E-state index in [1.54, 1.807) is 6.33 Å². The van der Waals surface area contributed by atoms with Gasteiger partial charge in [0, 0.05) is 30.9 Å². The zero-order valence-corrected chi connectivity index (χ0v) is 13.2. The second kappa shape index (κ2) is 5.33. The van der Waals surface area contributed by atoms with Gasteiger partial charge >= 0.3 is 0 Å². The molecule has 120 valence electrons. The molecule has 24 heavy (non-hydrogen) atoms. The molecule has 5 rings (SSSR count). The molecule has 1 unspecified atom stereocenters. The Bertz CT molecular complexity index is 991. The maximum absolute atomic E-state index is 6.07. The lowest BCUT2D eigenvalue weighted by Gasteiger charge is -2.33. The number of rotatable bonds is 2. The molecule has 0 radical (unpaired) electrons. The standard InChI is InChI=1S/C18H17N5O/c1-2-7-15-14(6-1)16-17(24-15)18(20-12-19-16)22-9-3-5-13(11-22)23-10-4-8-21-23/h1-2,4,6-8,10,12-13H,3,5,9,11H2. The Morgan fingerprint density at radius 3 is 3.00 bits per heavy atom. The highest BCUT2D eigenvalue weighted by molar-refractivity contribution is 6.05. The molecule has 1 atom stereocenters. The Balaban J connectivity index is 1.58. The molecule has 1 aliphatic rings. The molecule has 1 aliphatic heterocycles. The van der Waals surface area contributed by atoms with E-state index in [-0.39, 0.29) is 0 Å². The molecule has 6 nitrogen and oxygen atoms in total. The number of nitrogens with zero attached hydrogens (tertiary/aromatic N) is 5. The van der Waals surface area contributed by atoms with Crippen LogP contribution in [0.1, 0.15) is 18.9 Å². The minimum atomic E-state index is 0.364. The van der Waals surface area contributed by atoms with Crippen molar-refractivity contribution < 1.29 is 4.42 Å². The number of fused-ring (bicyclic) bond motifs is 3. The van der Waals surface area contributed by atoms with E-state index in [1.807, 2.05) is 47.4 Å². The van der Waals surface area contributed by atoms with Crippen molar-refractivity contribution in [3.8, 4) is 0 Å². The number of hydrogen-bond acceptors (Lipinski definition) is 5. The minimum Gasteiger partial charge on any atom is -0.450 e. The van der Waals surface area contributed by atoms with Crippen molar-refractivity contribution in [2.45, 2.75) is 18.9 Å². The molecular formula is C18H17N5O. The molecule has 4 aromatic rings. The van der Waals surface area contributed by atoms with Crippen LogP contribution in [0.25, 0.3) is 22.1 Å². The fourth-order valence-electron chi connectivity index (χ4n) is 3.60. The van der Waals surface area contributed by atoms with E-state index in [0.717, 1.165) is 53.8 Å². The molecule has 6 heteroatoms. The van der Waals surface area contributed by atoms with Gasteiger partial charge in [0.1, 0.15) is 17.4 Å². The molecular weight excluding hydrogens is 302 g/mol. The van der Waals surface area contributed by atoms with Gasteiger partial charge in [0.05, 0.1) is 6.04 Å². The fraction of sp³-hybridized carbons (Fsp3) is 0.278. The average molecular weight is 319 g/mol. The number of piperidine rings is 1. The molecule has 0 N–H and O–H groups in total. The van der Waals surface area contributed by atoms with Gasteiger partial charge in [-0.15, -0.1) is 0 Å². The predicted octanol–water partition coefficient (Wildman–Crippen LogP) is 3.41. The van der Waals surface area contributed by atoms with E-state index < -0.39 is 0 Å². The van der Waals surface area contributed by atoms with Gasteiger partial charge in [-0.1, -0.05) is 12.1 Å². The number of para-hydroxylation sites is 1. The Kier molecular flexibility index (Phi) is 3.01. The summed E-state index contributed by atoms with van der Waals surface area (Å²) in [5.41, 5.74) is 2.52. The Morgan fingerprint density at radius 2 is 2.08 bits per heavy atom. The highest BCUT2D eigenvalue weighted by Crippen LogP contribution is 2.34. The van der Waals surface area contributed by atoms with Crippen LogP contribution in [0.2, 0.25) is 0 Å². The summed E-state index contributed by atoms with van der Waals surface area (Å²) < 4.78 is 8.12. The maximum Gasteiger partial charge on any atom is 0.196 e. The summed E-state index contributed by atoms with van der Waals surface area (Å²) in [5, 5.41) is 5.44. The number of benzene rings is 1. The number of aromatic nitrogens is 4. The molecule has 0 spiro atoms. The monoisotopic (exact) mass is 319 g/mol. The van der Waals surface area contributed by atoms with Crippen LogP contribution in [0.3, 0.4) is 0 Å². The second-order valence-corrected chi connectivity index (χ2v) is 6.20. The highest BCUT2D eigenvalue weighted by atomic mass is 16.3. The summed E-state index contributed by atoms with van der Waals surface area (Å²) >= 11 is 0. The number of furan rings is 1. The van der Waals surface area contributed by atoms with Gasteiger partial charge in [0.2, 0.25) is 0 Å². The van der Waals surface area contributed by atoms with Crippen molar-refractivity contribution in [2.24, 2.45) is 0 Å². The molecule has 0 bridgehead atoms. The smallest absolute Gasteiger partial charge is 0.196 e. The second-order valence-electron chi connectivity index (χ2n) is 6.20. The summed E-state index contributed by atoms with van der Waals surface area (Å²) in [4.78, 5) is 11.3. The zero-order valence-electron chi connectivity index (χ0n) is 13.2. The average Bonchev–Trinajstić information content (AvgIpc) is 3.29. The van der Waals surface area contributed by atoms with Crippen LogP contribution >= 0.6 is 0 Å². The van der Waals surface area contributed by atoms with Gasteiger partial charge in [-0.2, -0.15) is 5.10 Å². The third-order valence-corrected chi connectivity index (χ3v) is 4.73. The van der Waals surface area contributed by atoms with Gasteiger partial charge < -0.3 is 9.32 Å². The van der Waals surface area contributed by atoms with Crippen LogP contribution in [0, 0.1) is 0 Å². The van der Waals surface area contributed by atoms with Gasteiger partial charge in [0.15, 0.2) is 11.4 Å². The van der Waals surface area contributed by atoms with Crippen LogP contribution in [-0.2, 0) is 0 Å². The first kappa shape index (κ1) is 13.5. The van der Waals surface area contributed by atoms with Crippen LogP contribution in [0.15, 0.2) is 53.5 Å². The zero-order chi connectivity index (χ0) is 15.9. The molecule has 1 fully saturated rings. The summed E-state index contributed by atoms with van der Waals surface area (Å²) in [5.74, 6) is 0.882. The molecule has 0 aliphatic carbocycles. The third kappa shape index (κ3) is 2.06. The fourth-order valence-corrected chi connectivity index (χ4v) is 3.60. The minimum absolute atomic E-state index is 0.364. The summed E-state index contributed by atoms with van der Waals surface area (Å²) in [7, 11) is 0. The lowest BCUT2D eigenvalue weighted by molar-refractivity contribution is 0.374. The van der Waals surface area contributed by atoms with E-state index in [0.29, 0.717) is 6.04 Å². The van der Waals surface area contributed by atoms with Gasteiger partial charge in [0.25, 0.3) is 0 Å². The topological polar surface area (TPSA) is 60.0 Å². The molecule has 1 saturated heterocycles. The van der Waals surface area contributed by atoms with Crippen molar-refractivity contribution >= 4 is 27.9 Å². The van der Waals surface area contributed by atoms with Crippen LogP contribution in [0.4, 0.5) is 5.82 Å². The van der Waals surface area contributed by atoms with Crippen molar-refractivity contribution in [1.29, 1.82) is 0 Å². The van der Waals surface area contributed by atoms with E-state index in [4.69, 9.17) is 4.42 Å². The molecule has 4 heterocycles. The maximum atomic E-state index is 6.07. The van der Waals surface area contributed by atoms with Crippen molar-refractivity contribution in [3.63, 3.8) is 0 Å². The molecule has 0 amide bonds. The largest absolute Gasteiger partial charge is 0.450 e. The molecule has 0 saturated carbocycles. The normalized spacial score (nSPS) is 18.5. The number of anilines is 1.